The van der Waals surface area contributed by atoms with Crippen molar-refractivity contribution in [3.8, 4) is 0 Å². The van der Waals surface area contributed by atoms with Gasteiger partial charge in [-0.15, -0.1) is 0 Å². The molecule has 1 unspecified atom stereocenters. The van der Waals surface area contributed by atoms with Crippen molar-refractivity contribution in [3.05, 3.63) is 23.8 Å². The summed E-state index contributed by atoms with van der Waals surface area (Å²) >= 11 is 0. The van der Waals surface area contributed by atoms with Crippen molar-refractivity contribution in [3.63, 3.8) is 0 Å². The summed E-state index contributed by atoms with van der Waals surface area (Å²) in [5.41, 5.74) is 2.71. The number of aromatic nitrogens is 1. The van der Waals surface area contributed by atoms with E-state index < -0.39 is 5.97 Å². The van der Waals surface area contributed by atoms with Crippen LogP contribution in [0.15, 0.2) is 22.6 Å². The Morgan fingerprint density at radius 1 is 1.53 bits per heavy atom. The molecule has 0 spiro atoms. The van der Waals surface area contributed by atoms with Crippen molar-refractivity contribution >= 4 is 23.1 Å². The SMILES string of the molecule is Cc1ccc2oc(N3CCCC(C(=O)O)C3)nc2c1. The van der Waals surface area contributed by atoms with Crippen LogP contribution in [0, 0.1) is 12.8 Å². The lowest BCUT2D eigenvalue weighted by Gasteiger charge is -2.29. The lowest BCUT2D eigenvalue weighted by atomic mass is 9.99. The average molecular weight is 260 g/mol. The number of carboxylic acid groups (broad SMARTS) is 1. The first-order chi connectivity index (χ1) is 9.13. The Kier molecular flexibility index (Phi) is 2.89. The molecular weight excluding hydrogens is 244 g/mol. The Bertz CT molecular complexity index is 620. The lowest BCUT2D eigenvalue weighted by molar-refractivity contribution is -0.141. The number of aryl methyl sites for hydroxylation is 1. The van der Waals surface area contributed by atoms with Crippen LogP contribution >= 0.6 is 0 Å². The van der Waals surface area contributed by atoms with E-state index in [1.807, 2.05) is 30.0 Å². The lowest BCUT2D eigenvalue weighted by Crippen LogP contribution is -2.38. The van der Waals surface area contributed by atoms with Crippen LogP contribution in [0.3, 0.4) is 0 Å². The minimum atomic E-state index is -0.739. The summed E-state index contributed by atoms with van der Waals surface area (Å²) < 4.78 is 5.71. The molecule has 1 aliphatic heterocycles. The Labute approximate surface area is 110 Å². The van der Waals surface area contributed by atoms with Gasteiger partial charge in [-0.25, -0.2) is 0 Å². The van der Waals surface area contributed by atoms with Gasteiger partial charge in [0.05, 0.1) is 5.92 Å². The number of anilines is 1. The quantitative estimate of drug-likeness (QED) is 0.898. The van der Waals surface area contributed by atoms with E-state index in [9.17, 15) is 4.79 Å². The first kappa shape index (κ1) is 12.0. The molecule has 5 nitrogen and oxygen atoms in total. The Balaban J connectivity index is 1.89. The molecule has 0 saturated carbocycles. The predicted molar refractivity (Wildman–Crippen MR) is 71.3 cm³/mol. The van der Waals surface area contributed by atoms with Crippen LogP contribution in [-0.4, -0.2) is 29.1 Å². The van der Waals surface area contributed by atoms with Crippen LogP contribution in [-0.2, 0) is 4.79 Å². The van der Waals surface area contributed by atoms with Gasteiger partial charge in [0.15, 0.2) is 5.58 Å². The van der Waals surface area contributed by atoms with E-state index in [-0.39, 0.29) is 5.92 Å². The average Bonchev–Trinajstić information content (AvgIpc) is 2.81. The van der Waals surface area contributed by atoms with Crippen molar-refractivity contribution in [1.29, 1.82) is 0 Å². The van der Waals surface area contributed by atoms with E-state index >= 15 is 0 Å². The topological polar surface area (TPSA) is 66.6 Å². The molecule has 0 bridgehead atoms. The monoisotopic (exact) mass is 260 g/mol. The molecule has 0 radical (unpaired) electrons. The second kappa shape index (κ2) is 4.57. The van der Waals surface area contributed by atoms with Crippen LogP contribution in [0.2, 0.25) is 0 Å². The predicted octanol–water partition coefficient (Wildman–Crippen LogP) is 2.44. The highest BCUT2D eigenvalue weighted by Crippen LogP contribution is 2.26. The van der Waals surface area contributed by atoms with Gasteiger partial charge in [0.2, 0.25) is 0 Å². The molecule has 100 valence electrons. The maximum absolute atomic E-state index is 11.1. The van der Waals surface area contributed by atoms with Gasteiger partial charge in [-0.1, -0.05) is 6.07 Å². The molecule has 3 rings (SSSR count). The second-order valence-corrected chi connectivity index (χ2v) is 5.09. The second-order valence-electron chi connectivity index (χ2n) is 5.09. The fraction of sp³-hybridized carbons (Fsp3) is 0.429. The normalized spacial score (nSPS) is 19.8. The van der Waals surface area contributed by atoms with Crippen LogP contribution in [0.4, 0.5) is 6.01 Å². The summed E-state index contributed by atoms with van der Waals surface area (Å²) in [5.74, 6) is -1.07. The standard InChI is InChI=1S/C14H16N2O3/c1-9-4-5-12-11(7-9)15-14(19-12)16-6-2-3-10(8-16)13(17)18/h4-5,7,10H,2-3,6,8H2,1H3,(H,17,18). The highest BCUT2D eigenvalue weighted by atomic mass is 16.4. The third-order valence-corrected chi connectivity index (χ3v) is 3.57. The molecule has 1 saturated heterocycles. The molecule has 1 aromatic carbocycles. The van der Waals surface area contributed by atoms with Crippen LogP contribution in [0.5, 0.6) is 0 Å². The van der Waals surface area contributed by atoms with E-state index in [1.54, 1.807) is 0 Å². The molecule has 1 fully saturated rings. The molecule has 1 aromatic heterocycles. The van der Waals surface area contributed by atoms with Crippen molar-refractivity contribution in [2.75, 3.05) is 18.0 Å². The third-order valence-electron chi connectivity index (χ3n) is 3.57. The van der Waals surface area contributed by atoms with Crippen molar-refractivity contribution in [2.45, 2.75) is 19.8 Å². The number of hydrogen-bond acceptors (Lipinski definition) is 4. The Hall–Kier alpha value is -2.04. The third kappa shape index (κ3) is 2.28. The molecule has 0 amide bonds. The molecule has 2 aromatic rings. The van der Waals surface area contributed by atoms with Crippen LogP contribution in [0.25, 0.3) is 11.1 Å². The van der Waals surface area contributed by atoms with E-state index in [0.29, 0.717) is 12.6 Å². The number of fused-ring (bicyclic) bond motifs is 1. The van der Waals surface area contributed by atoms with E-state index in [4.69, 9.17) is 9.52 Å². The zero-order valence-corrected chi connectivity index (χ0v) is 10.8. The number of carboxylic acids is 1. The molecule has 1 N–H and O–H groups in total. The minimum Gasteiger partial charge on any atom is -0.481 e. The number of hydrogen-bond donors (Lipinski definition) is 1. The van der Waals surface area contributed by atoms with Gasteiger partial charge in [0.1, 0.15) is 5.52 Å². The first-order valence-corrected chi connectivity index (χ1v) is 6.48. The van der Waals surface area contributed by atoms with Gasteiger partial charge in [0.25, 0.3) is 6.01 Å². The molecule has 19 heavy (non-hydrogen) atoms. The molecule has 5 heteroatoms. The van der Waals surface area contributed by atoms with Gasteiger partial charge >= 0.3 is 5.97 Å². The zero-order valence-electron chi connectivity index (χ0n) is 10.8. The summed E-state index contributed by atoms with van der Waals surface area (Å²) in [6, 6.07) is 6.39. The van der Waals surface area contributed by atoms with Crippen LogP contribution < -0.4 is 4.90 Å². The highest BCUT2D eigenvalue weighted by Gasteiger charge is 2.27. The van der Waals surface area contributed by atoms with Crippen LogP contribution in [0.1, 0.15) is 18.4 Å². The zero-order chi connectivity index (χ0) is 13.4. The van der Waals surface area contributed by atoms with Gasteiger partial charge < -0.3 is 14.4 Å². The number of aliphatic carboxylic acids is 1. The summed E-state index contributed by atoms with van der Waals surface area (Å²) in [5, 5.41) is 9.10. The number of oxazole rings is 1. The van der Waals surface area contributed by atoms with Crippen molar-refractivity contribution in [1.82, 2.24) is 4.98 Å². The summed E-state index contributed by atoms with van der Waals surface area (Å²) in [6.45, 7) is 3.28. The fourth-order valence-corrected chi connectivity index (χ4v) is 2.51. The number of rotatable bonds is 2. The first-order valence-electron chi connectivity index (χ1n) is 6.48. The molecule has 2 heterocycles. The maximum Gasteiger partial charge on any atom is 0.308 e. The van der Waals surface area contributed by atoms with Gasteiger partial charge in [-0.05, 0) is 37.5 Å². The number of carbonyl (C=O) groups is 1. The number of piperidine rings is 1. The summed E-state index contributed by atoms with van der Waals surface area (Å²) in [7, 11) is 0. The van der Waals surface area contributed by atoms with Gasteiger partial charge in [-0.3, -0.25) is 4.79 Å². The van der Waals surface area contributed by atoms with Crippen molar-refractivity contribution < 1.29 is 14.3 Å². The maximum atomic E-state index is 11.1. The van der Waals surface area contributed by atoms with E-state index in [0.717, 1.165) is 36.0 Å². The fourth-order valence-electron chi connectivity index (χ4n) is 2.51. The van der Waals surface area contributed by atoms with Crippen molar-refractivity contribution in [2.24, 2.45) is 5.92 Å². The Morgan fingerprint density at radius 2 is 2.37 bits per heavy atom. The number of nitrogens with zero attached hydrogens (tertiary/aromatic N) is 2. The molecule has 0 aliphatic carbocycles. The highest BCUT2D eigenvalue weighted by molar-refractivity contribution is 5.76. The summed E-state index contributed by atoms with van der Waals surface area (Å²) in [6.07, 6.45) is 1.58. The van der Waals surface area contributed by atoms with Gasteiger partial charge in [0, 0.05) is 13.1 Å². The largest absolute Gasteiger partial charge is 0.481 e. The molecule has 1 aliphatic rings. The molecular formula is C14H16N2O3. The van der Waals surface area contributed by atoms with E-state index in [2.05, 4.69) is 4.98 Å². The van der Waals surface area contributed by atoms with E-state index in [1.165, 1.54) is 0 Å². The minimum absolute atomic E-state index is 0.328. The smallest absolute Gasteiger partial charge is 0.308 e. The number of benzene rings is 1. The Morgan fingerprint density at radius 3 is 3.16 bits per heavy atom. The summed E-state index contributed by atoms with van der Waals surface area (Å²) in [4.78, 5) is 17.5. The molecule has 1 atom stereocenters. The van der Waals surface area contributed by atoms with Gasteiger partial charge in [-0.2, -0.15) is 4.98 Å².